The smallest absolute Gasteiger partial charge is 0.129 e. The van der Waals surface area contributed by atoms with Crippen molar-refractivity contribution in [2.75, 3.05) is 0 Å². The molecule has 3 aromatic rings. The molecule has 0 amide bonds. The summed E-state index contributed by atoms with van der Waals surface area (Å²) in [4.78, 5) is 4.49. The van der Waals surface area contributed by atoms with Crippen molar-refractivity contribution in [2.45, 2.75) is 13.5 Å². The van der Waals surface area contributed by atoms with Crippen LogP contribution < -0.4 is 0 Å². The molecule has 0 aliphatic rings. The zero-order valence-corrected chi connectivity index (χ0v) is 12.0. The Hall–Kier alpha value is -1.68. The van der Waals surface area contributed by atoms with Gasteiger partial charge >= 0.3 is 0 Å². The molecule has 0 fully saturated rings. The van der Waals surface area contributed by atoms with Gasteiger partial charge in [-0.3, -0.25) is 0 Å². The van der Waals surface area contributed by atoms with Crippen LogP contribution in [0.4, 0.5) is 4.39 Å². The van der Waals surface area contributed by atoms with Crippen LogP contribution in [0.15, 0.2) is 46.9 Å². The van der Waals surface area contributed by atoms with Crippen molar-refractivity contribution in [1.82, 2.24) is 9.55 Å². The van der Waals surface area contributed by atoms with E-state index in [1.807, 2.05) is 41.8 Å². The summed E-state index contributed by atoms with van der Waals surface area (Å²) < 4.78 is 16.7. The van der Waals surface area contributed by atoms with Crippen molar-refractivity contribution >= 4 is 27.0 Å². The average molecular weight is 319 g/mol. The minimum absolute atomic E-state index is 0.202. The molecule has 0 atom stereocenters. The second kappa shape index (κ2) is 4.78. The minimum Gasteiger partial charge on any atom is -0.324 e. The van der Waals surface area contributed by atoms with Gasteiger partial charge in [0.2, 0.25) is 0 Å². The molecule has 0 spiro atoms. The van der Waals surface area contributed by atoms with E-state index in [1.54, 1.807) is 6.07 Å². The lowest BCUT2D eigenvalue weighted by Gasteiger charge is -2.08. The van der Waals surface area contributed by atoms with E-state index in [9.17, 15) is 4.39 Å². The van der Waals surface area contributed by atoms with E-state index in [-0.39, 0.29) is 5.82 Å². The third-order valence-corrected chi connectivity index (χ3v) is 3.68. The monoisotopic (exact) mass is 318 g/mol. The molecule has 0 aliphatic carbocycles. The molecule has 0 aliphatic heterocycles. The fourth-order valence-corrected chi connectivity index (χ4v) is 2.55. The van der Waals surface area contributed by atoms with Gasteiger partial charge in [-0.25, -0.2) is 9.37 Å². The molecule has 0 saturated heterocycles. The Bertz CT molecular complexity index is 749. The molecule has 0 unspecified atom stereocenters. The number of fused-ring (bicyclic) bond motifs is 1. The first-order valence-corrected chi connectivity index (χ1v) is 6.80. The summed E-state index contributed by atoms with van der Waals surface area (Å²) in [7, 11) is 0. The summed E-state index contributed by atoms with van der Waals surface area (Å²) in [5.41, 5.74) is 2.63. The second-order valence-corrected chi connectivity index (χ2v) is 5.39. The van der Waals surface area contributed by atoms with Crippen LogP contribution in [0, 0.1) is 12.7 Å². The molecule has 4 heteroatoms. The molecule has 2 nitrogen and oxygen atoms in total. The minimum atomic E-state index is -0.202. The Kier molecular flexibility index (Phi) is 3.11. The predicted octanol–water partition coefficient (Wildman–Crippen LogP) is 4.29. The summed E-state index contributed by atoms with van der Waals surface area (Å²) in [5.74, 6) is 0.690. The number of para-hydroxylation sites is 2. The van der Waals surface area contributed by atoms with Crippen LogP contribution in [-0.4, -0.2) is 9.55 Å². The van der Waals surface area contributed by atoms with Crippen LogP contribution >= 0.6 is 15.9 Å². The zero-order valence-electron chi connectivity index (χ0n) is 10.4. The molecule has 19 heavy (non-hydrogen) atoms. The van der Waals surface area contributed by atoms with Gasteiger partial charge < -0.3 is 4.57 Å². The van der Waals surface area contributed by atoms with Crippen LogP contribution in [0.1, 0.15) is 11.4 Å². The summed E-state index contributed by atoms with van der Waals surface area (Å²) in [6.45, 7) is 2.43. The van der Waals surface area contributed by atoms with Crippen LogP contribution in [0.5, 0.6) is 0 Å². The normalized spacial score (nSPS) is 11.1. The van der Waals surface area contributed by atoms with Gasteiger partial charge in [-0.1, -0.05) is 34.1 Å². The lowest BCUT2D eigenvalue weighted by Crippen LogP contribution is -2.03. The highest BCUT2D eigenvalue weighted by Gasteiger charge is 2.09. The topological polar surface area (TPSA) is 17.8 Å². The number of nitrogens with zero attached hydrogens (tertiary/aromatic N) is 2. The molecule has 96 valence electrons. The number of rotatable bonds is 2. The van der Waals surface area contributed by atoms with E-state index in [4.69, 9.17) is 0 Å². The number of benzene rings is 2. The van der Waals surface area contributed by atoms with E-state index < -0.39 is 0 Å². The maximum Gasteiger partial charge on any atom is 0.129 e. The maximum absolute atomic E-state index is 13.9. The fourth-order valence-electron chi connectivity index (χ4n) is 2.22. The predicted molar refractivity (Wildman–Crippen MR) is 77.7 cm³/mol. The van der Waals surface area contributed by atoms with Gasteiger partial charge in [0.1, 0.15) is 11.6 Å². The van der Waals surface area contributed by atoms with E-state index in [2.05, 4.69) is 20.9 Å². The molecular formula is C15H12BrFN2. The summed E-state index contributed by atoms with van der Waals surface area (Å²) in [6, 6.07) is 13.0. The maximum atomic E-state index is 13.9. The van der Waals surface area contributed by atoms with Gasteiger partial charge in [-0.05, 0) is 31.2 Å². The summed E-state index contributed by atoms with van der Waals surface area (Å²) in [6.07, 6.45) is 0. The SMILES string of the molecule is Cc1nc2ccccc2n1Cc1ccc(Br)cc1F. The van der Waals surface area contributed by atoms with Gasteiger partial charge in [-0.2, -0.15) is 0 Å². The van der Waals surface area contributed by atoms with Crippen molar-refractivity contribution in [2.24, 2.45) is 0 Å². The van der Waals surface area contributed by atoms with Crippen LogP contribution in [-0.2, 0) is 6.54 Å². The van der Waals surface area contributed by atoms with E-state index >= 15 is 0 Å². The van der Waals surface area contributed by atoms with Gasteiger partial charge in [0.15, 0.2) is 0 Å². The third-order valence-electron chi connectivity index (χ3n) is 3.19. The van der Waals surface area contributed by atoms with E-state index in [1.165, 1.54) is 6.07 Å². The highest BCUT2D eigenvalue weighted by atomic mass is 79.9. The Morgan fingerprint density at radius 3 is 2.79 bits per heavy atom. The number of hydrogen-bond donors (Lipinski definition) is 0. The molecule has 2 aromatic carbocycles. The molecule has 3 rings (SSSR count). The average Bonchev–Trinajstić information content (AvgIpc) is 2.69. The lowest BCUT2D eigenvalue weighted by atomic mass is 10.2. The van der Waals surface area contributed by atoms with Crippen molar-refractivity contribution in [3.8, 4) is 0 Å². The second-order valence-electron chi connectivity index (χ2n) is 4.47. The summed E-state index contributed by atoms with van der Waals surface area (Å²) >= 11 is 3.27. The van der Waals surface area contributed by atoms with Gasteiger partial charge in [0.25, 0.3) is 0 Å². The quantitative estimate of drug-likeness (QED) is 0.689. The first-order chi connectivity index (χ1) is 9.15. The number of aryl methyl sites for hydroxylation is 1. The van der Waals surface area contributed by atoms with Crippen LogP contribution in [0.3, 0.4) is 0 Å². The third kappa shape index (κ3) is 2.28. The molecule has 0 radical (unpaired) electrons. The van der Waals surface area contributed by atoms with Crippen molar-refractivity contribution in [1.29, 1.82) is 0 Å². The van der Waals surface area contributed by atoms with Crippen LogP contribution in [0.2, 0.25) is 0 Å². The van der Waals surface area contributed by atoms with E-state index in [0.29, 0.717) is 12.1 Å². The van der Waals surface area contributed by atoms with Gasteiger partial charge in [0.05, 0.1) is 17.6 Å². The Morgan fingerprint density at radius 1 is 1.21 bits per heavy atom. The lowest BCUT2D eigenvalue weighted by molar-refractivity contribution is 0.598. The first kappa shape index (κ1) is 12.4. The summed E-state index contributed by atoms with van der Waals surface area (Å²) in [5, 5.41) is 0. The highest BCUT2D eigenvalue weighted by molar-refractivity contribution is 9.10. The van der Waals surface area contributed by atoms with Gasteiger partial charge in [0, 0.05) is 10.0 Å². The highest BCUT2D eigenvalue weighted by Crippen LogP contribution is 2.20. The number of halogens is 2. The molecular weight excluding hydrogens is 307 g/mol. The Morgan fingerprint density at radius 2 is 2.00 bits per heavy atom. The molecule has 0 bridgehead atoms. The van der Waals surface area contributed by atoms with Crippen molar-refractivity contribution in [3.63, 3.8) is 0 Å². The zero-order chi connectivity index (χ0) is 13.4. The molecule has 0 N–H and O–H groups in total. The van der Waals surface area contributed by atoms with Crippen LogP contribution in [0.25, 0.3) is 11.0 Å². The van der Waals surface area contributed by atoms with Gasteiger partial charge in [-0.15, -0.1) is 0 Å². The fraction of sp³-hybridized carbons (Fsp3) is 0.133. The largest absolute Gasteiger partial charge is 0.324 e. The standard InChI is InChI=1S/C15H12BrFN2/c1-10-18-14-4-2-3-5-15(14)19(10)9-11-6-7-12(16)8-13(11)17/h2-8H,9H2,1H3. The Balaban J connectivity index is 2.08. The number of aromatic nitrogens is 2. The molecule has 1 aromatic heterocycles. The first-order valence-electron chi connectivity index (χ1n) is 6.01. The molecule has 1 heterocycles. The Labute approximate surface area is 119 Å². The van der Waals surface area contributed by atoms with Crippen molar-refractivity contribution < 1.29 is 4.39 Å². The van der Waals surface area contributed by atoms with E-state index in [0.717, 1.165) is 21.3 Å². The number of hydrogen-bond acceptors (Lipinski definition) is 1. The molecule has 0 saturated carbocycles. The van der Waals surface area contributed by atoms with Crippen molar-refractivity contribution in [3.05, 3.63) is 64.1 Å². The number of imidazole rings is 1.